The monoisotopic (exact) mass is 283 g/mol. The third-order valence-corrected chi connectivity index (χ3v) is 4.19. The van der Waals surface area contributed by atoms with Crippen LogP contribution in [0.5, 0.6) is 0 Å². The highest BCUT2D eigenvalue weighted by atomic mass is 16.2. The predicted molar refractivity (Wildman–Crippen MR) is 83.0 cm³/mol. The number of nitrogens with one attached hydrogen (secondary N) is 1. The summed E-state index contributed by atoms with van der Waals surface area (Å²) in [6, 6.07) is 8.71. The van der Waals surface area contributed by atoms with Crippen molar-refractivity contribution in [3.63, 3.8) is 0 Å². The molecule has 1 fully saturated rings. The van der Waals surface area contributed by atoms with Gasteiger partial charge < -0.3 is 9.91 Å². The lowest BCUT2D eigenvalue weighted by Crippen LogP contribution is -2.47. The Morgan fingerprint density at radius 3 is 2.76 bits per heavy atom. The molecule has 2 heterocycles. The Balaban J connectivity index is 1.74. The van der Waals surface area contributed by atoms with Gasteiger partial charge in [0.05, 0.1) is 6.04 Å². The maximum Gasteiger partial charge on any atom is 0.251 e. The van der Waals surface area contributed by atoms with Gasteiger partial charge in [-0.3, -0.25) is 4.79 Å². The Morgan fingerprint density at radius 1 is 1.33 bits per heavy atom. The molecule has 1 aromatic rings. The van der Waals surface area contributed by atoms with E-state index in [1.165, 1.54) is 11.1 Å². The van der Waals surface area contributed by atoms with E-state index in [-0.39, 0.29) is 18.0 Å². The fraction of sp³-hybridized carbons (Fsp3) is 0.353. The van der Waals surface area contributed by atoms with Crippen molar-refractivity contribution in [1.29, 1.82) is 0 Å². The largest absolute Gasteiger partial charge is 0.312 e. The first kappa shape index (κ1) is 13.9. The molecule has 4 nitrogen and oxygen atoms in total. The fourth-order valence-corrected chi connectivity index (χ4v) is 2.93. The molecule has 0 saturated carbocycles. The van der Waals surface area contributed by atoms with Crippen LogP contribution in [0.1, 0.15) is 30.5 Å². The van der Waals surface area contributed by atoms with Gasteiger partial charge >= 0.3 is 0 Å². The minimum Gasteiger partial charge on any atom is -0.312 e. The third-order valence-electron chi connectivity index (χ3n) is 4.19. The van der Waals surface area contributed by atoms with E-state index in [2.05, 4.69) is 43.2 Å². The van der Waals surface area contributed by atoms with E-state index >= 15 is 0 Å². The second-order valence-electron chi connectivity index (χ2n) is 5.51. The summed E-state index contributed by atoms with van der Waals surface area (Å²) in [5, 5.41) is 1.93. The van der Waals surface area contributed by atoms with E-state index in [0.29, 0.717) is 6.54 Å². The van der Waals surface area contributed by atoms with Crippen molar-refractivity contribution < 1.29 is 4.79 Å². The molecule has 2 aliphatic heterocycles. The second kappa shape index (κ2) is 5.74. The van der Waals surface area contributed by atoms with Gasteiger partial charge in [0.15, 0.2) is 0 Å². The van der Waals surface area contributed by atoms with Gasteiger partial charge in [0, 0.05) is 18.9 Å². The average Bonchev–Trinajstić information content (AvgIpc) is 2.95. The summed E-state index contributed by atoms with van der Waals surface area (Å²) < 4.78 is 0. The van der Waals surface area contributed by atoms with Gasteiger partial charge in [-0.25, -0.2) is 5.43 Å². The van der Waals surface area contributed by atoms with Gasteiger partial charge in [0.2, 0.25) is 0 Å². The molecular weight excluding hydrogens is 262 g/mol. The summed E-state index contributed by atoms with van der Waals surface area (Å²) in [7, 11) is 0. The first-order valence-electron chi connectivity index (χ1n) is 7.46. The summed E-state index contributed by atoms with van der Waals surface area (Å²) in [5.41, 5.74) is 5.98. The first-order valence-corrected chi connectivity index (χ1v) is 7.46. The van der Waals surface area contributed by atoms with Crippen LogP contribution in [0.3, 0.4) is 0 Å². The van der Waals surface area contributed by atoms with E-state index in [0.717, 1.165) is 12.8 Å². The highest BCUT2D eigenvalue weighted by Crippen LogP contribution is 2.30. The van der Waals surface area contributed by atoms with Gasteiger partial charge in [-0.15, -0.1) is 6.58 Å². The summed E-state index contributed by atoms with van der Waals surface area (Å²) in [6.07, 6.45) is 7.35. The van der Waals surface area contributed by atoms with Crippen LogP contribution in [0, 0.1) is 0 Å². The van der Waals surface area contributed by atoms with Crippen LogP contribution in [0.2, 0.25) is 0 Å². The maximum absolute atomic E-state index is 12.4. The van der Waals surface area contributed by atoms with Gasteiger partial charge in [0.1, 0.15) is 6.04 Å². The molecule has 0 spiro atoms. The van der Waals surface area contributed by atoms with Crippen LogP contribution < -0.4 is 5.43 Å². The SMILES string of the molecule is C=CCN1C=CN2NC(c3ccc(CC)cc3)CC2C1=O. The van der Waals surface area contributed by atoms with Gasteiger partial charge in [-0.1, -0.05) is 37.3 Å². The molecule has 21 heavy (non-hydrogen) atoms. The standard InChI is InChI=1S/C17H21N3O/c1-3-9-19-10-11-20-16(17(19)21)12-15(18-20)14-7-5-13(4-2)6-8-14/h3,5-8,10-11,15-16,18H,1,4,9,12H2,2H3. The molecule has 1 aromatic carbocycles. The number of carbonyl (C=O) groups is 1. The molecule has 0 aliphatic carbocycles. The van der Waals surface area contributed by atoms with Gasteiger partial charge in [-0.2, -0.15) is 0 Å². The normalized spacial score (nSPS) is 24.3. The molecule has 1 amide bonds. The van der Waals surface area contributed by atoms with Crippen LogP contribution in [0.25, 0.3) is 0 Å². The third kappa shape index (κ3) is 2.59. The highest BCUT2D eigenvalue weighted by molar-refractivity contribution is 5.84. The Bertz CT molecular complexity index is 564. The summed E-state index contributed by atoms with van der Waals surface area (Å²) in [6.45, 7) is 6.42. The lowest BCUT2D eigenvalue weighted by atomic mass is 9.99. The molecule has 1 saturated heterocycles. The number of fused-ring (bicyclic) bond motifs is 1. The number of nitrogens with zero attached hydrogens (tertiary/aromatic N) is 2. The van der Waals surface area contributed by atoms with Crippen molar-refractivity contribution in [3.8, 4) is 0 Å². The van der Waals surface area contributed by atoms with Crippen molar-refractivity contribution >= 4 is 5.91 Å². The molecule has 110 valence electrons. The van der Waals surface area contributed by atoms with Crippen molar-refractivity contribution in [2.75, 3.05) is 6.54 Å². The average molecular weight is 283 g/mol. The quantitative estimate of drug-likeness (QED) is 0.862. The molecule has 2 unspecified atom stereocenters. The molecular formula is C17H21N3O. The Hall–Kier alpha value is -2.07. The number of amides is 1. The number of aryl methyl sites for hydroxylation is 1. The van der Waals surface area contributed by atoms with E-state index in [4.69, 9.17) is 0 Å². The lowest BCUT2D eigenvalue weighted by molar-refractivity contribution is -0.133. The highest BCUT2D eigenvalue weighted by Gasteiger charge is 2.39. The topological polar surface area (TPSA) is 35.6 Å². The smallest absolute Gasteiger partial charge is 0.251 e. The fourth-order valence-electron chi connectivity index (χ4n) is 2.93. The number of benzene rings is 1. The molecule has 2 atom stereocenters. The molecule has 3 rings (SSSR count). The number of hydrogen-bond acceptors (Lipinski definition) is 3. The zero-order chi connectivity index (χ0) is 14.8. The van der Waals surface area contributed by atoms with Crippen LogP contribution in [0.4, 0.5) is 0 Å². The van der Waals surface area contributed by atoms with Gasteiger partial charge in [-0.05, 0) is 24.0 Å². The van der Waals surface area contributed by atoms with Crippen LogP contribution in [0.15, 0.2) is 49.3 Å². The summed E-state index contributed by atoms with van der Waals surface area (Å²) in [4.78, 5) is 14.1. The number of carbonyl (C=O) groups excluding carboxylic acids is 1. The summed E-state index contributed by atoms with van der Waals surface area (Å²) >= 11 is 0. The van der Waals surface area contributed by atoms with Crippen LogP contribution in [-0.2, 0) is 11.2 Å². The predicted octanol–water partition coefficient (Wildman–Crippen LogP) is 2.37. The molecule has 2 aliphatic rings. The molecule has 4 heteroatoms. The van der Waals surface area contributed by atoms with Crippen molar-refractivity contribution in [1.82, 2.24) is 15.3 Å². The van der Waals surface area contributed by atoms with Crippen LogP contribution >= 0.6 is 0 Å². The second-order valence-corrected chi connectivity index (χ2v) is 5.51. The molecule has 0 aromatic heterocycles. The first-order chi connectivity index (χ1) is 10.2. The van der Waals surface area contributed by atoms with E-state index < -0.39 is 0 Å². The van der Waals surface area contributed by atoms with E-state index in [1.54, 1.807) is 11.0 Å². The van der Waals surface area contributed by atoms with Crippen molar-refractivity contribution in [2.24, 2.45) is 0 Å². The lowest BCUT2D eigenvalue weighted by Gasteiger charge is -2.31. The Kier molecular flexibility index (Phi) is 3.80. The van der Waals surface area contributed by atoms with Crippen molar-refractivity contribution in [2.45, 2.75) is 31.8 Å². The zero-order valence-corrected chi connectivity index (χ0v) is 12.3. The van der Waals surface area contributed by atoms with Gasteiger partial charge in [0.25, 0.3) is 5.91 Å². The van der Waals surface area contributed by atoms with E-state index in [9.17, 15) is 4.79 Å². The maximum atomic E-state index is 12.4. The number of rotatable bonds is 4. The molecule has 0 radical (unpaired) electrons. The Morgan fingerprint density at radius 2 is 2.10 bits per heavy atom. The van der Waals surface area contributed by atoms with Crippen molar-refractivity contribution in [3.05, 3.63) is 60.4 Å². The van der Waals surface area contributed by atoms with E-state index in [1.807, 2.05) is 17.4 Å². The number of hydrogen-bond donors (Lipinski definition) is 1. The molecule has 1 N–H and O–H groups in total. The summed E-state index contributed by atoms with van der Waals surface area (Å²) in [5.74, 6) is 0.137. The van der Waals surface area contributed by atoms with Crippen LogP contribution in [-0.4, -0.2) is 28.4 Å². The molecule has 0 bridgehead atoms. The minimum atomic E-state index is -0.120. The number of hydrazine groups is 1. The minimum absolute atomic E-state index is 0.120. The zero-order valence-electron chi connectivity index (χ0n) is 12.3. The Labute approximate surface area is 125 Å².